The van der Waals surface area contributed by atoms with Crippen molar-refractivity contribution in [2.75, 3.05) is 11.9 Å². The Morgan fingerprint density at radius 2 is 1.90 bits per heavy atom. The Labute approximate surface area is 173 Å². The van der Waals surface area contributed by atoms with Crippen molar-refractivity contribution in [3.05, 3.63) is 58.9 Å². The Hall–Kier alpha value is -3.27. The molecule has 1 saturated heterocycles. The highest BCUT2D eigenvalue weighted by molar-refractivity contribution is 6.31. The summed E-state index contributed by atoms with van der Waals surface area (Å²) in [6.07, 6.45) is 0. The van der Waals surface area contributed by atoms with Crippen LogP contribution >= 0.6 is 11.6 Å². The van der Waals surface area contributed by atoms with Crippen molar-refractivity contribution in [1.29, 1.82) is 0 Å². The van der Waals surface area contributed by atoms with E-state index < -0.39 is 42.4 Å². The lowest BCUT2D eigenvalue weighted by Crippen LogP contribution is -2.42. The van der Waals surface area contributed by atoms with Crippen LogP contribution in [0.1, 0.15) is 12.5 Å². The number of carbonyl (C=O) groups is 3. The van der Waals surface area contributed by atoms with E-state index >= 15 is 0 Å². The monoisotopic (exact) mass is 441 g/mol. The first-order valence-electron chi connectivity index (χ1n) is 8.54. The van der Waals surface area contributed by atoms with Crippen molar-refractivity contribution in [2.24, 2.45) is 0 Å². The van der Waals surface area contributed by atoms with E-state index in [0.29, 0.717) is 10.5 Å². The number of amides is 4. The molecule has 11 heteroatoms. The lowest BCUT2D eigenvalue weighted by atomic mass is 9.92. The minimum absolute atomic E-state index is 0.108. The molecule has 0 spiro atoms. The molecule has 1 aliphatic heterocycles. The zero-order valence-electron chi connectivity index (χ0n) is 15.4. The molecule has 0 aromatic heterocycles. The van der Waals surface area contributed by atoms with Gasteiger partial charge >= 0.3 is 12.6 Å². The number of hydrogen-bond donors (Lipinski definition) is 2. The summed E-state index contributed by atoms with van der Waals surface area (Å²) in [6, 6.07) is 7.91. The van der Waals surface area contributed by atoms with Crippen LogP contribution in [-0.2, 0) is 15.1 Å². The Bertz CT molecular complexity index is 1000. The smallest absolute Gasteiger partial charge is 0.387 e. The predicted octanol–water partition coefficient (Wildman–Crippen LogP) is 3.49. The van der Waals surface area contributed by atoms with E-state index in [1.54, 1.807) is 0 Å². The summed E-state index contributed by atoms with van der Waals surface area (Å²) in [5.41, 5.74) is -0.994. The summed E-state index contributed by atoms with van der Waals surface area (Å²) in [5, 5.41) is 4.71. The number of hydrogen-bond acceptors (Lipinski definition) is 4. The van der Waals surface area contributed by atoms with Gasteiger partial charge < -0.3 is 15.4 Å². The Morgan fingerprint density at radius 3 is 2.50 bits per heavy atom. The van der Waals surface area contributed by atoms with Crippen LogP contribution in [0.5, 0.6) is 5.75 Å². The Balaban J connectivity index is 1.71. The van der Waals surface area contributed by atoms with E-state index in [9.17, 15) is 27.6 Å². The third-order valence-electron chi connectivity index (χ3n) is 4.44. The molecular weight excluding hydrogens is 427 g/mol. The van der Waals surface area contributed by atoms with E-state index in [-0.39, 0.29) is 16.5 Å². The number of anilines is 1. The van der Waals surface area contributed by atoms with Crippen LogP contribution in [0, 0.1) is 5.82 Å². The molecule has 2 N–H and O–H groups in total. The van der Waals surface area contributed by atoms with Gasteiger partial charge in [-0.25, -0.2) is 9.18 Å². The molecule has 1 aliphatic rings. The lowest BCUT2D eigenvalue weighted by Gasteiger charge is -2.22. The molecule has 0 radical (unpaired) electrons. The summed E-state index contributed by atoms with van der Waals surface area (Å²) in [4.78, 5) is 38.1. The van der Waals surface area contributed by atoms with Crippen molar-refractivity contribution in [3.8, 4) is 5.75 Å². The van der Waals surface area contributed by atoms with Crippen LogP contribution in [0.2, 0.25) is 5.02 Å². The van der Waals surface area contributed by atoms with E-state index in [1.165, 1.54) is 43.3 Å². The van der Waals surface area contributed by atoms with Gasteiger partial charge in [-0.3, -0.25) is 14.5 Å². The van der Waals surface area contributed by atoms with Gasteiger partial charge in [0.1, 0.15) is 23.7 Å². The molecule has 0 saturated carbocycles. The van der Waals surface area contributed by atoms with E-state index in [4.69, 9.17) is 11.6 Å². The highest BCUT2D eigenvalue weighted by Crippen LogP contribution is 2.30. The quantitative estimate of drug-likeness (QED) is 0.672. The molecule has 4 amide bonds. The summed E-state index contributed by atoms with van der Waals surface area (Å²) in [6.45, 7) is -2.17. The van der Waals surface area contributed by atoms with Crippen molar-refractivity contribution in [3.63, 3.8) is 0 Å². The molecular formula is C19H15ClF3N3O4. The van der Waals surface area contributed by atoms with Gasteiger partial charge in [0.2, 0.25) is 5.91 Å². The van der Waals surface area contributed by atoms with Gasteiger partial charge in [0.05, 0.1) is 5.02 Å². The minimum Gasteiger partial charge on any atom is -0.435 e. The number of ether oxygens (including phenoxy) is 1. The standard InChI is InChI=1S/C19H15ClF3N3O4/c1-19(10-2-5-12(6-3-10)30-17(22)23)16(28)26(18(29)25-19)9-15(27)24-11-4-7-14(21)13(20)8-11/h2-8,17H,9H2,1H3,(H,24,27)(H,25,29)/t19-/m1/s1. The maximum Gasteiger partial charge on any atom is 0.387 e. The third kappa shape index (κ3) is 4.33. The first-order valence-corrected chi connectivity index (χ1v) is 8.92. The lowest BCUT2D eigenvalue weighted by molar-refractivity contribution is -0.133. The fourth-order valence-electron chi connectivity index (χ4n) is 2.92. The van der Waals surface area contributed by atoms with E-state index in [0.717, 1.165) is 6.07 Å². The maximum absolute atomic E-state index is 13.2. The number of urea groups is 1. The normalized spacial score (nSPS) is 18.5. The summed E-state index contributed by atoms with van der Waals surface area (Å²) < 4.78 is 42.0. The van der Waals surface area contributed by atoms with Crippen LogP contribution in [0.4, 0.5) is 23.7 Å². The molecule has 7 nitrogen and oxygen atoms in total. The minimum atomic E-state index is -3.00. The Kier molecular flexibility index (Phi) is 5.88. The molecule has 3 rings (SSSR count). The van der Waals surface area contributed by atoms with Gasteiger partial charge in [0, 0.05) is 5.69 Å². The number of rotatable bonds is 6. The van der Waals surface area contributed by atoms with Crippen molar-refractivity contribution >= 4 is 35.1 Å². The zero-order valence-corrected chi connectivity index (χ0v) is 16.2. The van der Waals surface area contributed by atoms with Gasteiger partial charge in [0.15, 0.2) is 0 Å². The van der Waals surface area contributed by atoms with Gasteiger partial charge in [-0.15, -0.1) is 0 Å². The van der Waals surface area contributed by atoms with Gasteiger partial charge in [0.25, 0.3) is 5.91 Å². The van der Waals surface area contributed by atoms with E-state index in [2.05, 4.69) is 15.4 Å². The molecule has 1 heterocycles. The molecule has 30 heavy (non-hydrogen) atoms. The second-order valence-corrected chi connectivity index (χ2v) is 6.93. The Morgan fingerprint density at radius 1 is 1.23 bits per heavy atom. The summed E-state index contributed by atoms with van der Waals surface area (Å²) in [7, 11) is 0. The van der Waals surface area contributed by atoms with Gasteiger partial charge in [-0.2, -0.15) is 8.78 Å². The number of benzene rings is 2. The molecule has 158 valence electrons. The molecule has 0 aliphatic carbocycles. The van der Waals surface area contributed by atoms with Gasteiger partial charge in [-0.1, -0.05) is 23.7 Å². The largest absolute Gasteiger partial charge is 0.435 e. The number of halogens is 4. The molecule has 2 aromatic carbocycles. The number of carbonyl (C=O) groups excluding carboxylic acids is 3. The molecule has 2 aromatic rings. The number of alkyl halides is 2. The van der Waals surface area contributed by atoms with Crippen molar-refractivity contribution < 1.29 is 32.3 Å². The van der Waals surface area contributed by atoms with Crippen molar-refractivity contribution in [2.45, 2.75) is 19.1 Å². The average Bonchev–Trinajstić information content (AvgIpc) is 2.89. The zero-order chi connectivity index (χ0) is 22.1. The van der Waals surface area contributed by atoms with Crippen molar-refractivity contribution in [1.82, 2.24) is 10.2 Å². The second-order valence-electron chi connectivity index (χ2n) is 6.53. The molecule has 1 fully saturated rings. The van der Waals surface area contributed by atoms with Crippen LogP contribution < -0.4 is 15.4 Å². The SMILES string of the molecule is C[C@]1(c2ccc(OC(F)F)cc2)NC(=O)N(CC(=O)Nc2ccc(F)c(Cl)c2)C1=O. The fourth-order valence-corrected chi connectivity index (χ4v) is 3.10. The van der Waals surface area contributed by atoms with Crippen LogP contribution in [-0.4, -0.2) is 35.9 Å². The second kappa shape index (κ2) is 8.23. The average molecular weight is 442 g/mol. The fraction of sp³-hybridized carbons (Fsp3) is 0.211. The summed E-state index contributed by atoms with van der Waals surface area (Å²) in [5.74, 6) is -2.18. The highest BCUT2D eigenvalue weighted by Gasteiger charge is 2.49. The number of imide groups is 1. The number of nitrogens with one attached hydrogen (secondary N) is 2. The first kappa shape index (κ1) is 21.4. The first-order chi connectivity index (χ1) is 14.1. The van der Waals surface area contributed by atoms with E-state index in [1.807, 2.05) is 0 Å². The topological polar surface area (TPSA) is 87.7 Å². The number of nitrogens with zero attached hydrogens (tertiary/aromatic N) is 1. The molecule has 0 bridgehead atoms. The maximum atomic E-state index is 13.2. The van der Waals surface area contributed by atoms with Crippen LogP contribution in [0.15, 0.2) is 42.5 Å². The highest BCUT2D eigenvalue weighted by atomic mass is 35.5. The van der Waals surface area contributed by atoms with Crippen LogP contribution in [0.3, 0.4) is 0 Å². The van der Waals surface area contributed by atoms with Crippen LogP contribution in [0.25, 0.3) is 0 Å². The molecule has 1 atom stereocenters. The van der Waals surface area contributed by atoms with Gasteiger partial charge in [-0.05, 0) is 42.8 Å². The summed E-state index contributed by atoms with van der Waals surface area (Å²) >= 11 is 5.65. The predicted molar refractivity (Wildman–Crippen MR) is 101 cm³/mol. The molecule has 0 unspecified atom stereocenters. The third-order valence-corrected chi connectivity index (χ3v) is 4.73.